The van der Waals surface area contributed by atoms with Crippen molar-refractivity contribution in [2.24, 2.45) is 5.92 Å². The lowest BCUT2D eigenvalue weighted by molar-refractivity contribution is 0.408. The number of hydrogen-bond donors (Lipinski definition) is 1. The minimum atomic E-state index is 0.280. The minimum absolute atomic E-state index is 0.280. The molecule has 1 aromatic rings. The highest BCUT2D eigenvalue weighted by Crippen LogP contribution is 2.35. The molecule has 1 aliphatic rings. The fraction of sp³-hybridized carbons (Fsp3) is 0.700. The molecule has 1 aliphatic carbocycles. The molecule has 0 heterocycles. The first-order valence-corrected chi connectivity index (χ1v) is 8.84. The highest BCUT2D eigenvalue weighted by Gasteiger charge is 2.25. The molecule has 0 aromatic heterocycles. The maximum absolute atomic E-state index is 3.79. The van der Waals surface area contributed by atoms with Gasteiger partial charge in [0.15, 0.2) is 0 Å². The van der Waals surface area contributed by atoms with Crippen molar-refractivity contribution in [3.8, 4) is 0 Å². The normalized spacial score (nSPS) is 22.7. The second-order valence-electron chi connectivity index (χ2n) is 7.54. The minimum Gasteiger partial charge on any atom is -0.310 e. The lowest BCUT2D eigenvalue weighted by Gasteiger charge is -2.27. The molecule has 21 heavy (non-hydrogen) atoms. The van der Waals surface area contributed by atoms with Crippen LogP contribution < -0.4 is 5.32 Å². The van der Waals surface area contributed by atoms with Crippen molar-refractivity contribution >= 4 is 0 Å². The fourth-order valence-electron chi connectivity index (χ4n) is 3.33. The second-order valence-corrected chi connectivity index (χ2v) is 7.54. The van der Waals surface area contributed by atoms with Crippen LogP contribution in [0.1, 0.15) is 83.0 Å². The van der Waals surface area contributed by atoms with Crippen LogP contribution in [0.5, 0.6) is 0 Å². The SMILES string of the molecule is CCCNC1CC(C)CCc2ccc(C(C)(C)CC)cc21. The van der Waals surface area contributed by atoms with Gasteiger partial charge in [0.25, 0.3) is 0 Å². The number of benzene rings is 1. The molecule has 0 saturated carbocycles. The van der Waals surface area contributed by atoms with E-state index in [-0.39, 0.29) is 5.41 Å². The molecular formula is C20H33N. The molecule has 1 nitrogen and oxygen atoms in total. The number of fused-ring (bicyclic) bond motifs is 1. The maximum atomic E-state index is 3.79. The van der Waals surface area contributed by atoms with Crippen LogP contribution in [0.3, 0.4) is 0 Å². The highest BCUT2D eigenvalue weighted by atomic mass is 14.9. The van der Waals surface area contributed by atoms with Gasteiger partial charge in [0.2, 0.25) is 0 Å². The quantitative estimate of drug-likeness (QED) is 0.716. The monoisotopic (exact) mass is 287 g/mol. The summed E-state index contributed by atoms with van der Waals surface area (Å²) >= 11 is 0. The molecule has 2 atom stereocenters. The highest BCUT2D eigenvalue weighted by molar-refractivity contribution is 5.38. The first-order valence-electron chi connectivity index (χ1n) is 8.84. The van der Waals surface area contributed by atoms with Crippen LogP contribution in [-0.2, 0) is 11.8 Å². The van der Waals surface area contributed by atoms with Gasteiger partial charge < -0.3 is 5.32 Å². The Hall–Kier alpha value is -0.820. The molecule has 0 radical (unpaired) electrons. The predicted octanol–water partition coefficient (Wildman–Crippen LogP) is 5.39. The third-order valence-corrected chi connectivity index (χ3v) is 5.37. The fourth-order valence-corrected chi connectivity index (χ4v) is 3.33. The summed E-state index contributed by atoms with van der Waals surface area (Å²) in [6.07, 6.45) is 6.25. The lowest BCUT2D eigenvalue weighted by Crippen LogP contribution is -2.24. The molecule has 0 bridgehead atoms. The van der Waals surface area contributed by atoms with Crippen molar-refractivity contribution in [3.05, 3.63) is 34.9 Å². The number of aryl methyl sites for hydroxylation is 1. The Bertz CT molecular complexity index is 461. The topological polar surface area (TPSA) is 12.0 Å². The Morgan fingerprint density at radius 2 is 2.00 bits per heavy atom. The van der Waals surface area contributed by atoms with E-state index in [1.54, 1.807) is 11.1 Å². The van der Waals surface area contributed by atoms with Crippen molar-refractivity contribution < 1.29 is 0 Å². The summed E-state index contributed by atoms with van der Waals surface area (Å²) in [6, 6.07) is 7.82. The van der Waals surface area contributed by atoms with E-state index in [1.165, 1.54) is 37.7 Å². The molecule has 1 heteroatoms. The van der Waals surface area contributed by atoms with E-state index in [2.05, 4.69) is 58.1 Å². The summed E-state index contributed by atoms with van der Waals surface area (Å²) < 4.78 is 0. The van der Waals surface area contributed by atoms with E-state index in [9.17, 15) is 0 Å². The van der Waals surface area contributed by atoms with Crippen LogP contribution in [0.25, 0.3) is 0 Å². The van der Waals surface area contributed by atoms with Gasteiger partial charge in [-0.15, -0.1) is 0 Å². The third-order valence-electron chi connectivity index (χ3n) is 5.37. The summed E-state index contributed by atoms with van der Waals surface area (Å²) in [5.74, 6) is 0.814. The van der Waals surface area contributed by atoms with Gasteiger partial charge in [0.1, 0.15) is 0 Å². The first-order chi connectivity index (χ1) is 9.97. The molecule has 0 aliphatic heterocycles. The van der Waals surface area contributed by atoms with Crippen LogP contribution in [0.2, 0.25) is 0 Å². The van der Waals surface area contributed by atoms with Crippen LogP contribution in [-0.4, -0.2) is 6.54 Å². The van der Waals surface area contributed by atoms with E-state index in [0.29, 0.717) is 6.04 Å². The molecule has 1 aromatic carbocycles. The predicted molar refractivity (Wildman–Crippen MR) is 92.9 cm³/mol. The summed E-state index contributed by atoms with van der Waals surface area (Å²) in [4.78, 5) is 0. The van der Waals surface area contributed by atoms with E-state index >= 15 is 0 Å². The van der Waals surface area contributed by atoms with Crippen molar-refractivity contribution in [1.29, 1.82) is 0 Å². The zero-order chi connectivity index (χ0) is 15.5. The summed E-state index contributed by atoms with van der Waals surface area (Å²) in [7, 11) is 0. The first kappa shape index (κ1) is 16.5. The average Bonchev–Trinajstić information content (AvgIpc) is 2.64. The van der Waals surface area contributed by atoms with E-state index < -0.39 is 0 Å². The Labute approximate surface area is 131 Å². The van der Waals surface area contributed by atoms with Crippen LogP contribution >= 0.6 is 0 Å². The number of rotatable bonds is 5. The zero-order valence-electron chi connectivity index (χ0n) is 14.6. The Morgan fingerprint density at radius 1 is 1.24 bits per heavy atom. The molecule has 0 saturated heterocycles. The molecule has 0 spiro atoms. The van der Waals surface area contributed by atoms with E-state index in [0.717, 1.165) is 12.5 Å². The smallest absolute Gasteiger partial charge is 0.0325 e. The zero-order valence-corrected chi connectivity index (χ0v) is 14.6. The summed E-state index contributed by atoms with van der Waals surface area (Å²) in [6.45, 7) is 12.8. The molecule has 0 amide bonds. The average molecular weight is 287 g/mol. The summed E-state index contributed by atoms with van der Waals surface area (Å²) in [5, 5.41) is 3.79. The molecular weight excluding hydrogens is 254 g/mol. The number of nitrogens with one attached hydrogen (secondary N) is 1. The largest absolute Gasteiger partial charge is 0.310 e. The van der Waals surface area contributed by atoms with Crippen molar-refractivity contribution in [2.45, 2.75) is 78.2 Å². The van der Waals surface area contributed by atoms with Gasteiger partial charge in [-0.3, -0.25) is 0 Å². The van der Waals surface area contributed by atoms with Gasteiger partial charge in [0, 0.05) is 6.04 Å². The van der Waals surface area contributed by atoms with Crippen LogP contribution in [0, 0.1) is 5.92 Å². The Kier molecular flexibility index (Phi) is 5.48. The molecule has 2 unspecified atom stereocenters. The van der Waals surface area contributed by atoms with Crippen LogP contribution in [0.15, 0.2) is 18.2 Å². The van der Waals surface area contributed by atoms with Gasteiger partial charge in [-0.25, -0.2) is 0 Å². The van der Waals surface area contributed by atoms with Gasteiger partial charge in [0.05, 0.1) is 0 Å². The van der Waals surface area contributed by atoms with Gasteiger partial charge in [-0.05, 0) is 66.7 Å². The van der Waals surface area contributed by atoms with Crippen LogP contribution in [0.4, 0.5) is 0 Å². The third kappa shape index (κ3) is 3.88. The van der Waals surface area contributed by atoms with E-state index in [4.69, 9.17) is 0 Å². The Morgan fingerprint density at radius 3 is 2.67 bits per heavy atom. The summed E-state index contributed by atoms with van der Waals surface area (Å²) in [5.41, 5.74) is 4.93. The molecule has 2 rings (SSSR count). The van der Waals surface area contributed by atoms with Crippen molar-refractivity contribution in [1.82, 2.24) is 5.32 Å². The Balaban J connectivity index is 2.36. The standard InChI is InChI=1S/C20H33N/c1-6-12-21-19-13-15(3)8-9-16-10-11-17(14-18(16)19)20(4,5)7-2/h10-11,14-15,19,21H,6-9,12-13H2,1-5H3. The number of hydrogen-bond acceptors (Lipinski definition) is 1. The van der Waals surface area contributed by atoms with E-state index in [1.807, 2.05) is 0 Å². The van der Waals surface area contributed by atoms with Gasteiger partial charge in [-0.1, -0.05) is 52.8 Å². The van der Waals surface area contributed by atoms with Gasteiger partial charge in [-0.2, -0.15) is 0 Å². The second kappa shape index (κ2) is 6.96. The lowest BCUT2D eigenvalue weighted by atomic mass is 9.80. The molecule has 1 N–H and O–H groups in total. The molecule has 0 fully saturated rings. The molecule has 118 valence electrons. The van der Waals surface area contributed by atoms with Gasteiger partial charge >= 0.3 is 0 Å². The van der Waals surface area contributed by atoms with Crippen molar-refractivity contribution in [2.75, 3.05) is 6.54 Å². The van der Waals surface area contributed by atoms with Crippen molar-refractivity contribution in [3.63, 3.8) is 0 Å². The maximum Gasteiger partial charge on any atom is 0.0325 e.